The van der Waals surface area contributed by atoms with E-state index in [1.54, 1.807) is 0 Å². The van der Waals surface area contributed by atoms with Crippen LogP contribution in [0.15, 0.2) is 0 Å². The van der Waals surface area contributed by atoms with Gasteiger partial charge in [-0.15, -0.1) is 0 Å². The summed E-state index contributed by atoms with van der Waals surface area (Å²) < 4.78 is 0. The molecule has 76 valence electrons. The van der Waals surface area contributed by atoms with Crippen LogP contribution in [0.2, 0.25) is 0 Å². The summed E-state index contributed by atoms with van der Waals surface area (Å²) in [7, 11) is 0. The van der Waals surface area contributed by atoms with Crippen LogP contribution in [-0.4, -0.2) is 10.2 Å². The van der Waals surface area contributed by atoms with Gasteiger partial charge < -0.3 is 0 Å². The van der Waals surface area contributed by atoms with Crippen molar-refractivity contribution in [2.75, 3.05) is 0 Å². The molecule has 2 nitrogen and oxygen atoms in total. The van der Waals surface area contributed by atoms with Crippen LogP contribution in [0.25, 0.3) is 0 Å². The van der Waals surface area contributed by atoms with E-state index in [4.69, 9.17) is 0 Å². The normalized spacial score (nSPS) is 15.7. The summed E-state index contributed by atoms with van der Waals surface area (Å²) in [5.74, 6) is 0.509. The second kappa shape index (κ2) is 3.68. The number of rotatable bonds is 1. The molecule has 0 spiro atoms. The van der Waals surface area contributed by atoms with Gasteiger partial charge >= 0.3 is 0 Å². The molecule has 0 unspecified atom stereocenters. The van der Waals surface area contributed by atoms with E-state index in [0.717, 1.165) is 5.69 Å². The highest BCUT2D eigenvalue weighted by Gasteiger charge is 2.18. The summed E-state index contributed by atoms with van der Waals surface area (Å²) in [6.45, 7) is 6.49. The molecule has 14 heavy (non-hydrogen) atoms. The highest BCUT2D eigenvalue weighted by atomic mass is 15.1. The van der Waals surface area contributed by atoms with Crippen molar-refractivity contribution in [2.24, 2.45) is 0 Å². The standard InChI is InChI=1S/C12H18N2/c1-8(2)12-11-7-5-4-6-10(11)9(3)13-14-12/h8H,4-7H2,1-3H3. The van der Waals surface area contributed by atoms with Crippen molar-refractivity contribution in [3.05, 3.63) is 22.5 Å². The molecule has 1 aliphatic carbocycles. The third-order valence-corrected chi connectivity index (χ3v) is 3.07. The van der Waals surface area contributed by atoms with Crippen molar-refractivity contribution in [2.45, 2.75) is 52.4 Å². The molecule has 0 saturated heterocycles. The summed E-state index contributed by atoms with van der Waals surface area (Å²) in [6.07, 6.45) is 5.05. The summed E-state index contributed by atoms with van der Waals surface area (Å²) in [4.78, 5) is 0. The highest BCUT2D eigenvalue weighted by Crippen LogP contribution is 2.28. The number of hydrogen-bond donors (Lipinski definition) is 0. The van der Waals surface area contributed by atoms with Crippen molar-refractivity contribution >= 4 is 0 Å². The first kappa shape index (κ1) is 9.63. The van der Waals surface area contributed by atoms with Crippen molar-refractivity contribution in [3.63, 3.8) is 0 Å². The van der Waals surface area contributed by atoms with Gasteiger partial charge in [-0.2, -0.15) is 10.2 Å². The molecule has 1 aromatic rings. The van der Waals surface area contributed by atoms with Crippen LogP contribution in [0.1, 0.15) is 55.1 Å². The van der Waals surface area contributed by atoms with E-state index >= 15 is 0 Å². The van der Waals surface area contributed by atoms with Gasteiger partial charge in [-0.25, -0.2) is 0 Å². The zero-order valence-electron chi connectivity index (χ0n) is 9.30. The van der Waals surface area contributed by atoms with Crippen LogP contribution in [-0.2, 0) is 12.8 Å². The minimum absolute atomic E-state index is 0.509. The topological polar surface area (TPSA) is 25.8 Å². The molecule has 2 heteroatoms. The maximum atomic E-state index is 4.34. The molecular formula is C12H18N2. The van der Waals surface area contributed by atoms with Crippen molar-refractivity contribution in [1.82, 2.24) is 10.2 Å². The molecule has 0 bridgehead atoms. The molecule has 1 heterocycles. The molecule has 1 aliphatic rings. The monoisotopic (exact) mass is 190 g/mol. The summed E-state index contributed by atoms with van der Waals surface area (Å²) in [6, 6.07) is 0. The van der Waals surface area contributed by atoms with E-state index in [2.05, 4.69) is 31.0 Å². The van der Waals surface area contributed by atoms with Gasteiger partial charge in [0.15, 0.2) is 0 Å². The Morgan fingerprint density at radius 3 is 2.29 bits per heavy atom. The Morgan fingerprint density at radius 1 is 1.00 bits per heavy atom. The minimum Gasteiger partial charge on any atom is -0.155 e. The Morgan fingerprint density at radius 2 is 1.64 bits per heavy atom. The van der Waals surface area contributed by atoms with Crippen LogP contribution in [0.3, 0.4) is 0 Å². The molecule has 0 radical (unpaired) electrons. The maximum Gasteiger partial charge on any atom is 0.0691 e. The summed E-state index contributed by atoms with van der Waals surface area (Å²) in [5.41, 5.74) is 5.35. The third-order valence-electron chi connectivity index (χ3n) is 3.07. The Balaban J connectivity index is 2.53. The first-order valence-electron chi connectivity index (χ1n) is 5.55. The molecule has 0 saturated carbocycles. The zero-order chi connectivity index (χ0) is 10.1. The largest absolute Gasteiger partial charge is 0.155 e. The molecule has 1 aromatic heterocycles. The summed E-state index contributed by atoms with van der Waals surface area (Å²) >= 11 is 0. The van der Waals surface area contributed by atoms with Crippen molar-refractivity contribution < 1.29 is 0 Å². The van der Waals surface area contributed by atoms with Gasteiger partial charge in [0, 0.05) is 0 Å². The fourth-order valence-electron chi connectivity index (χ4n) is 2.30. The van der Waals surface area contributed by atoms with Crippen molar-refractivity contribution in [1.29, 1.82) is 0 Å². The maximum absolute atomic E-state index is 4.34. The van der Waals surface area contributed by atoms with Crippen LogP contribution in [0, 0.1) is 6.92 Å². The van der Waals surface area contributed by atoms with Crippen LogP contribution >= 0.6 is 0 Å². The van der Waals surface area contributed by atoms with E-state index in [-0.39, 0.29) is 0 Å². The predicted octanol–water partition coefficient (Wildman–Crippen LogP) is 2.79. The Labute approximate surface area is 85.8 Å². The van der Waals surface area contributed by atoms with Gasteiger partial charge in [0.25, 0.3) is 0 Å². The highest BCUT2D eigenvalue weighted by molar-refractivity contribution is 5.35. The zero-order valence-corrected chi connectivity index (χ0v) is 9.30. The Hall–Kier alpha value is -0.920. The first-order valence-corrected chi connectivity index (χ1v) is 5.55. The third kappa shape index (κ3) is 1.54. The Kier molecular flexibility index (Phi) is 2.53. The van der Waals surface area contributed by atoms with Gasteiger partial charge in [-0.05, 0) is 49.7 Å². The van der Waals surface area contributed by atoms with E-state index in [1.807, 2.05) is 0 Å². The second-order valence-electron chi connectivity index (χ2n) is 4.49. The average Bonchev–Trinajstić information content (AvgIpc) is 2.18. The quantitative estimate of drug-likeness (QED) is 0.680. The summed E-state index contributed by atoms with van der Waals surface area (Å²) in [5, 5.41) is 8.60. The number of aryl methyl sites for hydroxylation is 1. The van der Waals surface area contributed by atoms with Gasteiger partial charge in [-0.3, -0.25) is 0 Å². The molecule has 2 rings (SSSR count). The molecule has 0 fully saturated rings. The van der Waals surface area contributed by atoms with Crippen LogP contribution in [0.4, 0.5) is 0 Å². The first-order chi connectivity index (χ1) is 6.70. The molecule has 0 N–H and O–H groups in total. The smallest absolute Gasteiger partial charge is 0.0691 e. The minimum atomic E-state index is 0.509. The Bertz CT molecular complexity index is 342. The van der Waals surface area contributed by atoms with Gasteiger partial charge in [0.1, 0.15) is 0 Å². The number of nitrogens with zero attached hydrogens (tertiary/aromatic N) is 2. The molecule has 0 amide bonds. The number of fused-ring (bicyclic) bond motifs is 1. The van der Waals surface area contributed by atoms with E-state index in [0.29, 0.717) is 5.92 Å². The molecule has 0 atom stereocenters. The molecule has 0 aliphatic heterocycles. The van der Waals surface area contributed by atoms with E-state index in [9.17, 15) is 0 Å². The lowest BCUT2D eigenvalue weighted by Gasteiger charge is -2.21. The average molecular weight is 190 g/mol. The second-order valence-corrected chi connectivity index (χ2v) is 4.49. The van der Waals surface area contributed by atoms with Gasteiger partial charge in [0.05, 0.1) is 11.4 Å². The fourth-order valence-corrected chi connectivity index (χ4v) is 2.30. The lowest BCUT2D eigenvalue weighted by molar-refractivity contribution is 0.638. The van der Waals surface area contributed by atoms with Crippen LogP contribution < -0.4 is 0 Å². The molecule has 0 aromatic carbocycles. The van der Waals surface area contributed by atoms with Gasteiger partial charge in [-0.1, -0.05) is 13.8 Å². The predicted molar refractivity (Wildman–Crippen MR) is 57.5 cm³/mol. The lowest BCUT2D eigenvalue weighted by atomic mass is 9.87. The lowest BCUT2D eigenvalue weighted by Crippen LogP contribution is -2.13. The fraction of sp³-hybridized carbons (Fsp3) is 0.667. The van der Waals surface area contributed by atoms with E-state index in [1.165, 1.54) is 42.5 Å². The van der Waals surface area contributed by atoms with Gasteiger partial charge in [0.2, 0.25) is 0 Å². The van der Waals surface area contributed by atoms with Crippen molar-refractivity contribution in [3.8, 4) is 0 Å². The molecular weight excluding hydrogens is 172 g/mol. The van der Waals surface area contributed by atoms with Crippen LogP contribution in [0.5, 0.6) is 0 Å². The number of hydrogen-bond acceptors (Lipinski definition) is 2. The SMILES string of the molecule is Cc1nnc(C(C)C)c2c1CCCC2. The number of aromatic nitrogens is 2. The van der Waals surface area contributed by atoms with E-state index < -0.39 is 0 Å².